The number of anilines is 1. The number of aromatic nitrogens is 3. The van der Waals surface area contributed by atoms with Crippen molar-refractivity contribution in [3.8, 4) is 16.9 Å². The van der Waals surface area contributed by atoms with Crippen LogP contribution in [0.5, 0.6) is 0 Å². The fourth-order valence-corrected chi connectivity index (χ4v) is 5.06. The molecule has 4 heterocycles. The highest BCUT2D eigenvalue weighted by Gasteiger charge is 2.31. The van der Waals surface area contributed by atoms with Crippen molar-refractivity contribution in [3.05, 3.63) is 77.3 Å². The van der Waals surface area contributed by atoms with Gasteiger partial charge in [0.2, 0.25) is 5.91 Å². The maximum Gasteiger partial charge on any atom is 0.369 e. The van der Waals surface area contributed by atoms with E-state index in [2.05, 4.69) is 20.1 Å². The van der Waals surface area contributed by atoms with Crippen LogP contribution in [0.2, 0.25) is 0 Å². The third-order valence-electron chi connectivity index (χ3n) is 6.91. The summed E-state index contributed by atoms with van der Waals surface area (Å²) in [5.41, 5.74) is 1.77. The number of carbonyl (C=O) groups is 2. The Balaban J connectivity index is 1.66. The maximum atomic E-state index is 15.1. The molecule has 0 spiro atoms. The smallest absolute Gasteiger partial charge is 0.350 e. The zero-order valence-electron chi connectivity index (χ0n) is 21.7. The molecule has 0 radical (unpaired) electrons. The van der Waals surface area contributed by atoms with E-state index in [9.17, 15) is 14.5 Å². The van der Waals surface area contributed by atoms with Crippen LogP contribution in [0.15, 0.2) is 66.4 Å². The molecule has 3 aromatic heterocycles. The van der Waals surface area contributed by atoms with Gasteiger partial charge in [0.15, 0.2) is 5.34 Å². The van der Waals surface area contributed by atoms with Crippen LogP contribution in [-0.2, 0) is 9.63 Å². The molecule has 1 fully saturated rings. The molecule has 0 unspecified atom stereocenters. The highest BCUT2D eigenvalue weighted by Crippen LogP contribution is 2.39. The Labute approximate surface area is 223 Å². The van der Waals surface area contributed by atoms with Gasteiger partial charge in [-0.25, -0.2) is 19.2 Å². The van der Waals surface area contributed by atoms with Gasteiger partial charge in [0.25, 0.3) is 0 Å². The predicted molar refractivity (Wildman–Crippen MR) is 144 cm³/mol. The standard InChI is InChI=1S/C28H27FN6O4/c1-17(2)27(36)33-12-13-34(18(3)15-33)26-25-21(20-6-4-5-7-22(20)29)16-35(23(25)9-11-31-26)24-14-19(8-10-30-24)28(37)39-32-38/h4-11,14,16-18H,12-13,15H2,1-3H3/t18-/m0/s1. The second kappa shape index (κ2) is 10.6. The largest absolute Gasteiger partial charge is 0.369 e. The molecule has 0 bridgehead atoms. The Bertz CT molecular complexity index is 1570. The third kappa shape index (κ3) is 4.83. The summed E-state index contributed by atoms with van der Waals surface area (Å²) in [5.74, 6) is -0.261. The highest BCUT2D eigenvalue weighted by molar-refractivity contribution is 6.04. The number of hydrogen-bond donors (Lipinski definition) is 0. The van der Waals surface area contributed by atoms with Crippen molar-refractivity contribution in [1.82, 2.24) is 19.4 Å². The van der Waals surface area contributed by atoms with E-state index < -0.39 is 11.8 Å². The van der Waals surface area contributed by atoms with Crippen LogP contribution in [0.1, 0.15) is 31.1 Å². The van der Waals surface area contributed by atoms with E-state index in [0.717, 1.165) is 0 Å². The molecule has 200 valence electrons. The molecule has 0 aliphatic carbocycles. The van der Waals surface area contributed by atoms with Crippen LogP contribution in [0, 0.1) is 16.6 Å². The van der Waals surface area contributed by atoms with Gasteiger partial charge in [-0.05, 0) is 31.2 Å². The molecule has 11 heteroatoms. The first kappa shape index (κ1) is 26.0. The second-order valence-electron chi connectivity index (χ2n) is 9.76. The molecule has 39 heavy (non-hydrogen) atoms. The van der Waals surface area contributed by atoms with E-state index in [1.54, 1.807) is 41.2 Å². The van der Waals surface area contributed by atoms with E-state index in [0.29, 0.717) is 53.3 Å². The van der Waals surface area contributed by atoms with Crippen molar-refractivity contribution in [1.29, 1.82) is 0 Å². The number of nitrogens with zero attached hydrogens (tertiary/aromatic N) is 6. The lowest BCUT2D eigenvalue weighted by molar-refractivity contribution is -0.135. The molecular weight excluding hydrogens is 503 g/mol. The Morgan fingerprint density at radius 2 is 1.85 bits per heavy atom. The van der Waals surface area contributed by atoms with Crippen LogP contribution in [0.4, 0.5) is 10.2 Å². The van der Waals surface area contributed by atoms with Gasteiger partial charge in [-0.3, -0.25) is 9.63 Å². The van der Waals surface area contributed by atoms with Gasteiger partial charge in [0, 0.05) is 61.3 Å². The number of halogens is 1. The average Bonchev–Trinajstić information content (AvgIpc) is 3.33. The highest BCUT2D eigenvalue weighted by atomic mass is 19.1. The fourth-order valence-electron chi connectivity index (χ4n) is 5.06. The van der Waals surface area contributed by atoms with Gasteiger partial charge in [-0.1, -0.05) is 32.0 Å². The summed E-state index contributed by atoms with van der Waals surface area (Å²) in [4.78, 5) is 52.6. The van der Waals surface area contributed by atoms with Gasteiger partial charge >= 0.3 is 5.97 Å². The molecule has 1 aromatic carbocycles. The van der Waals surface area contributed by atoms with Crippen LogP contribution < -0.4 is 4.90 Å². The topological polar surface area (TPSA) is 110 Å². The van der Waals surface area contributed by atoms with Crippen LogP contribution in [-0.4, -0.2) is 57.0 Å². The van der Waals surface area contributed by atoms with Crippen molar-refractivity contribution >= 4 is 28.6 Å². The van der Waals surface area contributed by atoms with Crippen LogP contribution in [0.3, 0.4) is 0 Å². The third-order valence-corrected chi connectivity index (χ3v) is 6.91. The van der Waals surface area contributed by atoms with Crippen LogP contribution >= 0.6 is 0 Å². The zero-order chi connectivity index (χ0) is 27.7. The summed E-state index contributed by atoms with van der Waals surface area (Å²) >= 11 is 0. The first-order valence-electron chi connectivity index (χ1n) is 12.6. The Morgan fingerprint density at radius 1 is 1.08 bits per heavy atom. The summed E-state index contributed by atoms with van der Waals surface area (Å²) in [5, 5.41) is 2.92. The lowest BCUT2D eigenvalue weighted by Gasteiger charge is -2.41. The molecule has 1 aliphatic heterocycles. The first-order chi connectivity index (χ1) is 18.8. The summed E-state index contributed by atoms with van der Waals surface area (Å²) in [6, 6.07) is 11.1. The molecule has 0 N–H and O–H groups in total. The minimum Gasteiger partial charge on any atom is -0.350 e. The van der Waals surface area contributed by atoms with Gasteiger partial charge in [-0.2, -0.15) is 0 Å². The van der Waals surface area contributed by atoms with Gasteiger partial charge in [0.1, 0.15) is 17.5 Å². The van der Waals surface area contributed by atoms with Gasteiger partial charge in [0.05, 0.1) is 16.5 Å². The monoisotopic (exact) mass is 530 g/mol. The molecule has 5 rings (SSSR count). The zero-order valence-corrected chi connectivity index (χ0v) is 21.7. The van der Waals surface area contributed by atoms with E-state index >= 15 is 4.39 Å². The SMILES string of the molecule is CC(C)C(=O)N1CCN(c2nccc3c2c(-c2ccccc2F)cn3-c2cc(C(=O)ON=O)ccn2)[C@@H](C)C1. The minimum atomic E-state index is -0.913. The van der Waals surface area contributed by atoms with E-state index in [1.165, 1.54) is 24.4 Å². The van der Waals surface area contributed by atoms with E-state index in [-0.39, 0.29) is 23.4 Å². The molecule has 1 saturated heterocycles. The molecule has 1 atom stereocenters. The number of carbonyl (C=O) groups excluding carboxylic acids is 2. The number of benzene rings is 1. The minimum absolute atomic E-state index is 0.0385. The number of amides is 1. The summed E-state index contributed by atoms with van der Waals surface area (Å²) < 4.78 is 16.9. The van der Waals surface area contributed by atoms with Gasteiger partial charge < -0.3 is 14.4 Å². The number of pyridine rings is 2. The van der Waals surface area contributed by atoms with Crippen molar-refractivity contribution in [2.24, 2.45) is 11.3 Å². The Kier molecular flexibility index (Phi) is 7.05. The van der Waals surface area contributed by atoms with Gasteiger partial charge in [-0.15, -0.1) is 4.91 Å². The van der Waals surface area contributed by atoms with Crippen molar-refractivity contribution < 1.29 is 18.8 Å². The van der Waals surface area contributed by atoms with Crippen LogP contribution in [0.25, 0.3) is 27.8 Å². The molecule has 0 saturated carbocycles. The Hall–Kier alpha value is -4.67. The molecule has 4 aromatic rings. The number of fused-ring (bicyclic) bond motifs is 1. The molecule has 1 aliphatic rings. The van der Waals surface area contributed by atoms with Crippen molar-refractivity contribution in [3.63, 3.8) is 0 Å². The lowest BCUT2D eigenvalue weighted by Crippen LogP contribution is -2.54. The maximum absolute atomic E-state index is 15.1. The Morgan fingerprint density at radius 3 is 2.56 bits per heavy atom. The molecule has 10 nitrogen and oxygen atoms in total. The normalized spacial score (nSPS) is 15.6. The van der Waals surface area contributed by atoms with Crippen molar-refractivity contribution in [2.75, 3.05) is 24.5 Å². The quantitative estimate of drug-likeness (QED) is 0.261. The lowest BCUT2D eigenvalue weighted by atomic mass is 10.0. The number of hydrogen-bond acceptors (Lipinski definition) is 8. The predicted octanol–water partition coefficient (Wildman–Crippen LogP) is 4.76. The number of piperazine rings is 1. The van der Waals surface area contributed by atoms with Crippen molar-refractivity contribution in [2.45, 2.75) is 26.8 Å². The molecule has 1 amide bonds. The van der Waals surface area contributed by atoms with E-state index in [1.807, 2.05) is 25.7 Å². The fraction of sp³-hybridized carbons (Fsp3) is 0.286. The second-order valence-corrected chi connectivity index (χ2v) is 9.76. The summed E-state index contributed by atoms with van der Waals surface area (Å²) in [7, 11) is 0. The summed E-state index contributed by atoms with van der Waals surface area (Å²) in [6.45, 7) is 7.48. The number of rotatable bonds is 6. The molecular formula is C28H27FN6O4. The first-order valence-corrected chi connectivity index (χ1v) is 12.6. The summed E-state index contributed by atoms with van der Waals surface area (Å²) in [6.07, 6.45) is 4.85. The average molecular weight is 531 g/mol. The van der Waals surface area contributed by atoms with E-state index in [4.69, 9.17) is 4.98 Å².